The Morgan fingerprint density at radius 3 is 2.47 bits per heavy atom. The largest absolute Gasteiger partial charge is 0.378 e. The quantitative estimate of drug-likeness (QED) is 0.765. The van der Waals surface area contributed by atoms with E-state index in [-0.39, 0.29) is 0 Å². The smallest absolute Gasteiger partial charge is 0.226 e. The van der Waals surface area contributed by atoms with Crippen LogP contribution in [-0.2, 0) is 9.53 Å². The first kappa shape index (κ1) is 13.4. The third-order valence-electron chi connectivity index (χ3n) is 5.15. The number of nitrogens with zero attached hydrogens (tertiary/aromatic N) is 1. The van der Waals surface area contributed by atoms with Gasteiger partial charge in [-0.15, -0.1) is 0 Å². The molecule has 2 aliphatic carbocycles. The van der Waals surface area contributed by atoms with E-state index in [2.05, 4.69) is 4.90 Å². The first-order valence-electron chi connectivity index (χ1n) is 7.91. The fraction of sp³-hybridized carbons (Fsp3) is 0.933. The van der Waals surface area contributed by atoms with Crippen LogP contribution in [0.25, 0.3) is 0 Å². The molecule has 3 aliphatic rings. The average Bonchev–Trinajstić information content (AvgIpc) is 2.91. The van der Waals surface area contributed by atoms with E-state index in [0.717, 1.165) is 50.8 Å². The van der Waals surface area contributed by atoms with E-state index >= 15 is 0 Å². The molecule has 0 radical (unpaired) electrons. The van der Waals surface area contributed by atoms with Gasteiger partial charge in [0.15, 0.2) is 0 Å². The van der Waals surface area contributed by atoms with Gasteiger partial charge >= 0.3 is 0 Å². The average molecular weight is 266 g/mol. The van der Waals surface area contributed by atoms with E-state index in [1.807, 2.05) is 0 Å². The fourth-order valence-electron chi connectivity index (χ4n) is 3.97. The Morgan fingerprint density at radius 1 is 1.16 bits per heavy atom. The van der Waals surface area contributed by atoms with Crippen molar-refractivity contribution in [1.82, 2.24) is 4.90 Å². The van der Waals surface area contributed by atoms with Crippen molar-refractivity contribution in [3.05, 3.63) is 0 Å². The van der Waals surface area contributed by atoms with Crippen LogP contribution in [0.1, 0.15) is 38.5 Å². The van der Waals surface area contributed by atoms with Crippen LogP contribution < -0.4 is 5.73 Å². The second-order valence-electron chi connectivity index (χ2n) is 6.32. The van der Waals surface area contributed by atoms with Crippen LogP contribution in [0.2, 0.25) is 0 Å². The zero-order valence-corrected chi connectivity index (χ0v) is 11.7. The summed E-state index contributed by atoms with van der Waals surface area (Å²) in [5, 5.41) is 0. The highest BCUT2D eigenvalue weighted by Crippen LogP contribution is 2.58. The Kier molecular flexibility index (Phi) is 4.08. The van der Waals surface area contributed by atoms with Gasteiger partial charge in [0.05, 0.1) is 6.10 Å². The van der Waals surface area contributed by atoms with Crippen LogP contribution in [0.15, 0.2) is 0 Å². The molecule has 4 nitrogen and oxygen atoms in total. The molecule has 0 aromatic carbocycles. The third kappa shape index (κ3) is 2.79. The molecular formula is C15H26N2O2. The van der Waals surface area contributed by atoms with E-state index in [1.165, 1.54) is 19.3 Å². The maximum Gasteiger partial charge on any atom is 0.226 e. The van der Waals surface area contributed by atoms with E-state index in [1.54, 1.807) is 0 Å². The van der Waals surface area contributed by atoms with Crippen LogP contribution in [-0.4, -0.2) is 43.2 Å². The standard InChI is InChI=1S/C15H26N2O2/c16-7-2-10-19-11-5-8-17(9-6-11)15(18)14-12-3-1-4-13(12)14/h11-14H,1-10,16H2. The molecule has 0 aromatic rings. The Hall–Kier alpha value is -0.610. The summed E-state index contributed by atoms with van der Waals surface area (Å²) in [5.74, 6) is 2.32. The Bertz CT molecular complexity index is 316. The van der Waals surface area contributed by atoms with Crippen molar-refractivity contribution in [3.63, 3.8) is 0 Å². The number of piperidine rings is 1. The van der Waals surface area contributed by atoms with Gasteiger partial charge in [-0.2, -0.15) is 0 Å². The van der Waals surface area contributed by atoms with E-state index in [4.69, 9.17) is 10.5 Å². The van der Waals surface area contributed by atoms with Crippen molar-refractivity contribution < 1.29 is 9.53 Å². The number of hydrogen-bond acceptors (Lipinski definition) is 3. The summed E-state index contributed by atoms with van der Waals surface area (Å²) in [5.41, 5.74) is 5.46. The zero-order chi connectivity index (χ0) is 13.2. The van der Waals surface area contributed by atoms with Crippen molar-refractivity contribution in [3.8, 4) is 0 Å². The molecule has 2 N–H and O–H groups in total. The molecule has 1 heterocycles. The number of fused-ring (bicyclic) bond motifs is 1. The highest BCUT2D eigenvalue weighted by atomic mass is 16.5. The number of carbonyl (C=O) groups excluding carboxylic acids is 1. The maximum absolute atomic E-state index is 12.4. The van der Waals surface area contributed by atoms with Crippen molar-refractivity contribution in [2.45, 2.75) is 44.6 Å². The maximum atomic E-state index is 12.4. The van der Waals surface area contributed by atoms with Crippen molar-refractivity contribution in [2.24, 2.45) is 23.5 Å². The highest BCUT2D eigenvalue weighted by Gasteiger charge is 2.57. The number of carbonyl (C=O) groups is 1. The lowest BCUT2D eigenvalue weighted by atomic mass is 10.1. The van der Waals surface area contributed by atoms with Crippen LogP contribution in [0.3, 0.4) is 0 Å². The molecule has 2 unspecified atom stereocenters. The number of nitrogens with two attached hydrogens (primary N) is 1. The molecule has 4 heteroatoms. The molecule has 2 saturated carbocycles. The molecule has 0 aromatic heterocycles. The van der Waals surface area contributed by atoms with Crippen molar-refractivity contribution in [2.75, 3.05) is 26.2 Å². The van der Waals surface area contributed by atoms with Crippen LogP contribution in [0, 0.1) is 17.8 Å². The molecule has 1 amide bonds. The van der Waals surface area contributed by atoms with Gasteiger partial charge in [-0.05, 0) is 50.5 Å². The van der Waals surface area contributed by atoms with Gasteiger partial charge in [0.25, 0.3) is 0 Å². The minimum atomic E-state index is 0.342. The molecule has 0 spiro atoms. The van der Waals surface area contributed by atoms with Crippen LogP contribution in [0.5, 0.6) is 0 Å². The third-order valence-corrected chi connectivity index (χ3v) is 5.15. The zero-order valence-electron chi connectivity index (χ0n) is 11.7. The summed E-state index contributed by atoms with van der Waals surface area (Å²) in [6.07, 6.45) is 7.20. The summed E-state index contributed by atoms with van der Waals surface area (Å²) in [6, 6.07) is 0. The molecule has 3 rings (SSSR count). The summed E-state index contributed by atoms with van der Waals surface area (Å²) < 4.78 is 5.78. The molecule has 1 saturated heterocycles. The summed E-state index contributed by atoms with van der Waals surface area (Å²) in [7, 11) is 0. The van der Waals surface area contributed by atoms with Gasteiger partial charge < -0.3 is 15.4 Å². The molecule has 3 fully saturated rings. The van der Waals surface area contributed by atoms with Gasteiger partial charge in [-0.3, -0.25) is 4.79 Å². The summed E-state index contributed by atoms with van der Waals surface area (Å²) >= 11 is 0. The summed E-state index contributed by atoms with van der Waals surface area (Å²) in [6.45, 7) is 3.24. The van der Waals surface area contributed by atoms with Gasteiger partial charge in [0, 0.05) is 25.6 Å². The van der Waals surface area contributed by atoms with Crippen LogP contribution in [0.4, 0.5) is 0 Å². The molecule has 2 atom stereocenters. The fourth-order valence-corrected chi connectivity index (χ4v) is 3.97. The minimum Gasteiger partial charge on any atom is -0.378 e. The number of likely N-dealkylation sites (tertiary alicyclic amines) is 1. The number of amides is 1. The van der Waals surface area contributed by atoms with Gasteiger partial charge in [-0.1, -0.05) is 6.42 Å². The van der Waals surface area contributed by atoms with Crippen LogP contribution >= 0.6 is 0 Å². The number of hydrogen-bond donors (Lipinski definition) is 1. The van der Waals surface area contributed by atoms with Crippen molar-refractivity contribution >= 4 is 5.91 Å². The van der Waals surface area contributed by atoms with E-state index in [9.17, 15) is 4.79 Å². The summed E-state index contributed by atoms with van der Waals surface area (Å²) in [4.78, 5) is 14.5. The molecule has 0 bridgehead atoms. The highest BCUT2D eigenvalue weighted by molar-refractivity contribution is 5.82. The first-order valence-corrected chi connectivity index (χ1v) is 7.91. The van der Waals surface area contributed by atoms with E-state index in [0.29, 0.717) is 24.5 Å². The number of rotatable bonds is 5. The lowest BCUT2D eigenvalue weighted by Crippen LogP contribution is -2.42. The predicted molar refractivity (Wildman–Crippen MR) is 73.5 cm³/mol. The normalized spacial score (nSPS) is 34.4. The molecular weight excluding hydrogens is 240 g/mol. The Balaban J connectivity index is 1.39. The first-order chi connectivity index (χ1) is 9.31. The molecule has 108 valence electrons. The predicted octanol–water partition coefficient (Wildman–Crippen LogP) is 1.39. The monoisotopic (exact) mass is 266 g/mol. The topological polar surface area (TPSA) is 55.6 Å². The van der Waals surface area contributed by atoms with E-state index < -0.39 is 0 Å². The SMILES string of the molecule is NCCCOC1CCN(C(=O)C2C3CCCC32)CC1. The van der Waals surface area contributed by atoms with Gasteiger partial charge in [0.2, 0.25) is 5.91 Å². The minimum absolute atomic E-state index is 0.342. The number of ether oxygens (including phenoxy) is 1. The van der Waals surface area contributed by atoms with Gasteiger partial charge in [0.1, 0.15) is 0 Å². The van der Waals surface area contributed by atoms with Gasteiger partial charge in [-0.25, -0.2) is 0 Å². The molecule has 1 aliphatic heterocycles. The lowest BCUT2D eigenvalue weighted by Gasteiger charge is -2.32. The second-order valence-corrected chi connectivity index (χ2v) is 6.32. The molecule has 19 heavy (non-hydrogen) atoms. The van der Waals surface area contributed by atoms with Crippen molar-refractivity contribution in [1.29, 1.82) is 0 Å². The second kappa shape index (κ2) is 5.80. The Labute approximate surface area is 115 Å². The lowest BCUT2D eigenvalue weighted by molar-refractivity contribution is -0.136. The Morgan fingerprint density at radius 2 is 1.84 bits per heavy atom.